The van der Waals surface area contributed by atoms with Gasteiger partial charge in [-0.1, -0.05) is 6.92 Å². The topological polar surface area (TPSA) is 106 Å². The van der Waals surface area contributed by atoms with E-state index in [1.807, 2.05) is 6.92 Å². The third-order valence-electron chi connectivity index (χ3n) is 5.03. The van der Waals surface area contributed by atoms with Crippen molar-refractivity contribution in [1.29, 1.82) is 0 Å². The third-order valence-corrected chi connectivity index (χ3v) is 6.01. The van der Waals surface area contributed by atoms with Gasteiger partial charge < -0.3 is 5.32 Å². The fourth-order valence-corrected chi connectivity index (χ4v) is 4.01. The minimum atomic E-state index is -3.47. The number of pyridine rings is 1. The van der Waals surface area contributed by atoms with E-state index in [1.54, 1.807) is 28.8 Å². The molecule has 0 fully saturated rings. The van der Waals surface area contributed by atoms with Crippen LogP contribution in [0.15, 0.2) is 66.2 Å². The van der Waals surface area contributed by atoms with Gasteiger partial charge in [-0.05, 0) is 48.4 Å². The summed E-state index contributed by atoms with van der Waals surface area (Å²) in [5, 5.41) is 2.86. The lowest BCUT2D eigenvalue weighted by Gasteiger charge is -2.18. The van der Waals surface area contributed by atoms with Crippen molar-refractivity contribution in [2.75, 3.05) is 6.26 Å². The number of rotatable bonds is 6. The Bertz CT molecular complexity index is 1400. The Hall–Kier alpha value is -3.66. The highest BCUT2D eigenvalue weighted by molar-refractivity contribution is 7.90. The molecule has 0 aliphatic carbocycles. The summed E-state index contributed by atoms with van der Waals surface area (Å²) in [6.07, 6.45) is 7.73. The molecular weight excluding hydrogens is 433 g/mol. The van der Waals surface area contributed by atoms with Crippen molar-refractivity contribution in [1.82, 2.24) is 24.7 Å². The van der Waals surface area contributed by atoms with Gasteiger partial charge in [-0.3, -0.25) is 9.20 Å². The van der Waals surface area contributed by atoms with Crippen LogP contribution in [-0.2, 0) is 9.84 Å². The zero-order valence-corrected chi connectivity index (χ0v) is 18.2. The van der Waals surface area contributed by atoms with Gasteiger partial charge in [0.25, 0.3) is 5.91 Å². The molecule has 10 heteroatoms. The molecule has 4 rings (SSSR count). The number of nitrogens with one attached hydrogen (secondary N) is 1. The second-order valence-corrected chi connectivity index (χ2v) is 9.22. The first-order valence-electron chi connectivity index (χ1n) is 9.83. The summed E-state index contributed by atoms with van der Waals surface area (Å²) in [6, 6.07) is 8.60. The molecule has 0 bridgehead atoms. The molecule has 1 aromatic carbocycles. The van der Waals surface area contributed by atoms with E-state index < -0.39 is 21.8 Å². The molecule has 1 atom stereocenters. The van der Waals surface area contributed by atoms with Crippen LogP contribution in [0.3, 0.4) is 0 Å². The van der Waals surface area contributed by atoms with Crippen molar-refractivity contribution < 1.29 is 17.6 Å². The van der Waals surface area contributed by atoms with E-state index in [9.17, 15) is 17.6 Å². The van der Waals surface area contributed by atoms with Crippen LogP contribution in [0.4, 0.5) is 4.39 Å². The fraction of sp³-hybridized carbons (Fsp3) is 0.182. The minimum absolute atomic E-state index is 0.0531. The molecule has 32 heavy (non-hydrogen) atoms. The Kier molecular flexibility index (Phi) is 5.70. The number of carbonyl (C=O) groups excluding carboxylic acids is 1. The maximum atomic E-state index is 13.3. The average molecular weight is 453 g/mol. The van der Waals surface area contributed by atoms with Crippen LogP contribution < -0.4 is 5.32 Å². The number of amides is 1. The van der Waals surface area contributed by atoms with Crippen molar-refractivity contribution in [3.05, 3.63) is 78.3 Å². The number of aromatic nitrogens is 4. The lowest BCUT2D eigenvalue weighted by Crippen LogP contribution is -2.29. The molecule has 164 valence electrons. The highest BCUT2D eigenvalue weighted by Gasteiger charge is 2.21. The molecule has 0 aliphatic heterocycles. The first-order chi connectivity index (χ1) is 15.3. The summed E-state index contributed by atoms with van der Waals surface area (Å²) in [4.78, 5) is 25.6. The smallest absolute Gasteiger partial charge is 0.272 e. The molecule has 3 aromatic heterocycles. The van der Waals surface area contributed by atoms with Gasteiger partial charge in [-0.2, -0.15) is 0 Å². The number of nitrogens with zero attached hydrogens (tertiary/aromatic N) is 4. The van der Waals surface area contributed by atoms with Crippen molar-refractivity contribution in [2.24, 2.45) is 0 Å². The summed E-state index contributed by atoms with van der Waals surface area (Å²) in [5.41, 5.74) is 1.99. The number of imidazole rings is 1. The first-order valence-corrected chi connectivity index (χ1v) is 11.7. The molecule has 1 amide bonds. The van der Waals surface area contributed by atoms with E-state index in [0.717, 1.165) is 6.26 Å². The monoisotopic (exact) mass is 453 g/mol. The van der Waals surface area contributed by atoms with E-state index >= 15 is 0 Å². The third kappa shape index (κ3) is 4.22. The Morgan fingerprint density at radius 2 is 1.88 bits per heavy atom. The lowest BCUT2D eigenvalue weighted by molar-refractivity contribution is 0.0932. The summed E-state index contributed by atoms with van der Waals surface area (Å²) in [7, 11) is -3.47. The van der Waals surface area contributed by atoms with E-state index in [1.165, 1.54) is 36.8 Å². The zero-order valence-electron chi connectivity index (χ0n) is 17.4. The second kappa shape index (κ2) is 8.46. The Labute approximate surface area is 184 Å². The molecular formula is C22H20FN5O3S. The second-order valence-electron chi connectivity index (χ2n) is 7.25. The average Bonchev–Trinajstić information content (AvgIpc) is 3.21. The predicted molar refractivity (Wildman–Crippen MR) is 116 cm³/mol. The first kappa shape index (κ1) is 21.6. The molecule has 1 N–H and O–H groups in total. The Morgan fingerprint density at radius 3 is 2.56 bits per heavy atom. The minimum Gasteiger partial charge on any atom is -0.344 e. The lowest BCUT2D eigenvalue weighted by atomic mass is 10.1. The summed E-state index contributed by atoms with van der Waals surface area (Å²) in [6.45, 7) is 1.88. The van der Waals surface area contributed by atoms with E-state index in [2.05, 4.69) is 20.3 Å². The Balaban J connectivity index is 1.66. The van der Waals surface area contributed by atoms with Crippen molar-refractivity contribution >= 4 is 21.3 Å². The van der Waals surface area contributed by atoms with Crippen molar-refractivity contribution in [3.8, 4) is 11.4 Å². The molecule has 4 aromatic rings. The van der Waals surface area contributed by atoms with E-state index in [4.69, 9.17) is 0 Å². The number of benzene rings is 1. The van der Waals surface area contributed by atoms with Crippen LogP contribution in [0.1, 0.15) is 35.4 Å². The van der Waals surface area contributed by atoms with Crippen LogP contribution in [0.5, 0.6) is 0 Å². The van der Waals surface area contributed by atoms with Crippen LogP contribution in [-0.4, -0.2) is 39.9 Å². The molecule has 8 nitrogen and oxygen atoms in total. The molecule has 0 spiro atoms. The molecule has 0 aliphatic rings. The molecule has 0 saturated carbocycles. The molecule has 1 unspecified atom stereocenters. The van der Waals surface area contributed by atoms with Crippen molar-refractivity contribution in [2.45, 2.75) is 24.4 Å². The van der Waals surface area contributed by atoms with Crippen molar-refractivity contribution in [3.63, 3.8) is 0 Å². The van der Waals surface area contributed by atoms with Gasteiger partial charge in [0, 0.05) is 30.4 Å². The number of sulfone groups is 1. The van der Waals surface area contributed by atoms with Gasteiger partial charge in [-0.25, -0.2) is 27.8 Å². The number of fused-ring (bicyclic) bond motifs is 1. The SMILES string of the molecule is CCC(NC(=O)c1nccn2c(-c3ccc(F)cc3)ncc12)c1ccnc(S(C)(=O)=O)c1. The number of halogens is 1. The van der Waals surface area contributed by atoms with Gasteiger partial charge in [0.2, 0.25) is 0 Å². The van der Waals surface area contributed by atoms with Gasteiger partial charge in [0.15, 0.2) is 20.6 Å². The van der Waals surface area contributed by atoms with Crippen LogP contribution >= 0.6 is 0 Å². The van der Waals surface area contributed by atoms with Gasteiger partial charge in [0.1, 0.15) is 11.6 Å². The number of hydrogen-bond donors (Lipinski definition) is 1. The number of carbonyl (C=O) groups is 1. The largest absolute Gasteiger partial charge is 0.344 e. The van der Waals surface area contributed by atoms with Crippen LogP contribution in [0.25, 0.3) is 16.9 Å². The van der Waals surface area contributed by atoms with E-state index in [0.29, 0.717) is 28.9 Å². The Morgan fingerprint density at radius 1 is 1.12 bits per heavy atom. The maximum Gasteiger partial charge on any atom is 0.272 e. The quantitative estimate of drug-likeness (QED) is 0.481. The summed E-state index contributed by atoms with van der Waals surface area (Å²) < 4.78 is 38.7. The normalized spacial score (nSPS) is 12.6. The molecule has 0 saturated heterocycles. The van der Waals surface area contributed by atoms with Gasteiger partial charge >= 0.3 is 0 Å². The molecule has 0 radical (unpaired) electrons. The molecule has 3 heterocycles. The maximum absolute atomic E-state index is 13.3. The zero-order chi connectivity index (χ0) is 22.9. The standard InChI is InChI=1S/C22H20FN5O3S/c1-3-17(15-8-9-24-19(12-15)32(2,30)31)27-22(29)20-18-13-26-21(28(18)11-10-25-20)14-4-6-16(23)7-5-14/h4-13,17H,3H2,1-2H3,(H,27,29). The summed E-state index contributed by atoms with van der Waals surface area (Å²) in [5.74, 6) is -0.224. The van der Waals surface area contributed by atoms with Gasteiger partial charge in [-0.15, -0.1) is 0 Å². The van der Waals surface area contributed by atoms with E-state index in [-0.39, 0.29) is 16.5 Å². The predicted octanol–water partition coefficient (Wildman–Crippen LogP) is 3.22. The summed E-state index contributed by atoms with van der Waals surface area (Å²) >= 11 is 0. The highest BCUT2D eigenvalue weighted by Crippen LogP contribution is 2.23. The van der Waals surface area contributed by atoms with Gasteiger partial charge in [0.05, 0.1) is 17.8 Å². The fourth-order valence-electron chi connectivity index (χ4n) is 3.41. The number of hydrogen-bond acceptors (Lipinski definition) is 6. The highest BCUT2D eigenvalue weighted by atomic mass is 32.2. The van der Waals surface area contributed by atoms with Crippen LogP contribution in [0, 0.1) is 5.82 Å². The van der Waals surface area contributed by atoms with Crippen LogP contribution in [0.2, 0.25) is 0 Å².